The zero-order valence-electron chi connectivity index (χ0n) is 11.3. The summed E-state index contributed by atoms with van der Waals surface area (Å²) in [7, 11) is 1.48. The van der Waals surface area contributed by atoms with E-state index < -0.39 is 6.03 Å². The largest absolute Gasteiger partial charge is 0.361 e. The molecule has 0 unspecified atom stereocenters. The Morgan fingerprint density at radius 3 is 2.85 bits per heavy atom. The van der Waals surface area contributed by atoms with Crippen molar-refractivity contribution >= 4 is 30.0 Å². The number of halogens is 1. The number of anilines is 1. The number of nitrogens with one attached hydrogen (secondary N) is 3. The van der Waals surface area contributed by atoms with Crippen molar-refractivity contribution in [3.63, 3.8) is 0 Å². The molecule has 1 aliphatic heterocycles. The second kappa shape index (κ2) is 7.72. The molecule has 0 saturated heterocycles. The molecular formula is C13H19ClN4O2. The second-order valence-electron chi connectivity index (χ2n) is 4.35. The number of amides is 3. The summed E-state index contributed by atoms with van der Waals surface area (Å²) in [5.74, 6) is -0.309. The first-order valence-electron chi connectivity index (χ1n) is 6.26. The number of hydrogen-bond donors (Lipinski definition) is 3. The first-order valence-corrected chi connectivity index (χ1v) is 6.26. The monoisotopic (exact) mass is 298 g/mol. The van der Waals surface area contributed by atoms with Gasteiger partial charge in [0.25, 0.3) is 0 Å². The van der Waals surface area contributed by atoms with Gasteiger partial charge in [0.1, 0.15) is 0 Å². The third-order valence-corrected chi connectivity index (χ3v) is 3.02. The van der Waals surface area contributed by atoms with E-state index in [-0.39, 0.29) is 24.9 Å². The highest BCUT2D eigenvalue weighted by atomic mass is 35.5. The summed E-state index contributed by atoms with van der Waals surface area (Å²) in [4.78, 5) is 24.9. The molecule has 0 radical (unpaired) electrons. The van der Waals surface area contributed by atoms with Gasteiger partial charge < -0.3 is 15.5 Å². The van der Waals surface area contributed by atoms with Crippen LogP contribution >= 0.6 is 12.4 Å². The average Bonchev–Trinajstić information content (AvgIpc) is 2.61. The molecule has 110 valence electrons. The normalized spacial score (nSPS) is 13.6. The molecule has 0 fully saturated rings. The van der Waals surface area contributed by atoms with E-state index >= 15 is 0 Å². The van der Waals surface area contributed by atoms with Crippen molar-refractivity contribution in [3.05, 3.63) is 29.8 Å². The van der Waals surface area contributed by atoms with Crippen LogP contribution in [0.5, 0.6) is 0 Å². The van der Waals surface area contributed by atoms with Crippen LogP contribution in [-0.4, -0.2) is 38.6 Å². The Morgan fingerprint density at radius 1 is 1.35 bits per heavy atom. The molecule has 0 aliphatic carbocycles. The van der Waals surface area contributed by atoms with Gasteiger partial charge in [-0.2, -0.15) is 0 Å². The highest BCUT2D eigenvalue weighted by molar-refractivity contribution is 5.96. The molecule has 20 heavy (non-hydrogen) atoms. The highest BCUT2D eigenvalue weighted by Gasteiger charge is 2.17. The fraction of sp³-hybridized carbons (Fsp3) is 0.385. The molecule has 2 rings (SSSR count). The first kappa shape index (κ1) is 16.3. The molecule has 0 bridgehead atoms. The Kier molecular flexibility index (Phi) is 6.27. The Bertz CT molecular complexity index is 481. The topological polar surface area (TPSA) is 73.5 Å². The lowest BCUT2D eigenvalue weighted by Gasteiger charge is -2.23. The molecule has 1 heterocycles. The third kappa shape index (κ3) is 4.11. The molecule has 0 aromatic heterocycles. The van der Waals surface area contributed by atoms with Crippen LogP contribution in [0.4, 0.5) is 10.5 Å². The van der Waals surface area contributed by atoms with Crippen LogP contribution in [0.1, 0.15) is 5.56 Å². The fourth-order valence-corrected chi connectivity index (χ4v) is 2.09. The minimum absolute atomic E-state index is 0. The molecule has 0 atom stereocenters. The van der Waals surface area contributed by atoms with Gasteiger partial charge in [-0.3, -0.25) is 10.1 Å². The summed E-state index contributed by atoms with van der Waals surface area (Å²) < 4.78 is 0. The third-order valence-electron chi connectivity index (χ3n) is 3.02. The van der Waals surface area contributed by atoms with Gasteiger partial charge in [0.2, 0.25) is 5.91 Å². The molecule has 3 amide bonds. The summed E-state index contributed by atoms with van der Waals surface area (Å²) in [6, 6.07) is 7.49. The predicted molar refractivity (Wildman–Crippen MR) is 80.2 cm³/mol. The SMILES string of the molecule is CNC(=O)NC(=O)CN1CCNCc2ccccc21.Cl. The van der Waals surface area contributed by atoms with E-state index in [1.54, 1.807) is 0 Å². The number of benzene rings is 1. The maximum Gasteiger partial charge on any atom is 0.321 e. The zero-order chi connectivity index (χ0) is 13.7. The molecule has 3 N–H and O–H groups in total. The number of carbonyl (C=O) groups excluding carboxylic acids is 2. The number of carbonyl (C=O) groups is 2. The molecular weight excluding hydrogens is 280 g/mol. The van der Waals surface area contributed by atoms with E-state index in [0.29, 0.717) is 0 Å². The number of fused-ring (bicyclic) bond motifs is 1. The molecule has 0 saturated carbocycles. The van der Waals surface area contributed by atoms with Crippen molar-refractivity contribution < 1.29 is 9.59 Å². The van der Waals surface area contributed by atoms with Crippen LogP contribution < -0.4 is 20.9 Å². The van der Waals surface area contributed by atoms with Crippen LogP contribution in [0.25, 0.3) is 0 Å². The van der Waals surface area contributed by atoms with Crippen molar-refractivity contribution in [2.75, 3.05) is 31.6 Å². The lowest BCUT2D eigenvalue weighted by molar-refractivity contribution is -0.118. The maximum atomic E-state index is 11.8. The van der Waals surface area contributed by atoms with Gasteiger partial charge in [-0.25, -0.2) is 4.79 Å². The summed E-state index contributed by atoms with van der Waals surface area (Å²) in [6.45, 7) is 2.51. The van der Waals surface area contributed by atoms with Crippen LogP contribution in [-0.2, 0) is 11.3 Å². The Balaban J connectivity index is 0.00000200. The van der Waals surface area contributed by atoms with Crippen molar-refractivity contribution in [1.82, 2.24) is 16.0 Å². The lowest BCUT2D eigenvalue weighted by Crippen LogP contribution is -2.44. The van der Waals surface area contributed by atoms with Gasteiger partial charge >= 0.3 is 6.03 Å². The average molecular weight is 299 g/mol. The minimum atomic E-state index is -0.480. The van der Waals surface area contributed by atoms with E-state index in [1.807, 2.05) is 29.2 Å². The van der Waals surface area contributed by atoms with E-state index in [9.17, 15) is 9.59 Å². The molecule has 1 aromatic carbocycles. The summed E-state index contributed by atoms with van der Waals surface area (Å²) in [5.41, 5.74) is 2.20. The van der Waals surface area contributed by atoms with E-state index in [1.165, 1.54) is 7.05 Å². The highest BCUT2D eigenvalue weighted by Crippen LogP contribution is 2.21. The number of imide groups is 1. The van der Waals surface area contributed by atoms with Crippen LogP contribution in [0.3, 0.4) is 0 Å². The van der Waals surface area contributed by atoms with Gasteiger partial charge in [-0.1, -0.05) is 18.2 Å². The Hall–Kier alpha value is -1.79. The molecule has 1 aromatic rings. The van der Waals surface area contributed by atoms with Gasteiger partial charge in [0, 0.05) is 32.4 Å². The molecule has 7 heteroatoms. The van der Waals surface area contributed by atoms with Crippen LogP contribution in [0.15, 0.2) is 24.3 Å². The quantitative estimate of drug-likeness (QED) is 0.742. The standard InChI is InChI=1S/C13H18N4O2.ClH/c1-14-13(19)16-12(18)9-17-7-6-15-8-10-4-2-3-5-11(10)17;/h2-5,15H,6-9H2,1H3,(H2,14,16,18,19);1H. The van der Waals surface area contributed by atoms with Gasteiger partial charge in [-0.05, 0) is 11.6 Å². The van der Waals surface area contributed by atoms with Gasteiger partial charge in [0.05, 0.1) is 6.54 Å². The zero-order valence-corrected chi connectivity index (χ0v) is 12.1. The summed E-state index contributed by atoms with van der Waals surface area (Å²) in [6.07, 6.45) is 0. The first-order chi connectivity index (χ1) is 9.20. The number of rotatable bonds is 2. The Morgan fingerprint density at radius 2 is 2.10 bits per heavy atom. The van der Waals surface area contributed by atoms with E-state index in [4.69, 9.17) is 0 Å². The van der Waals surface area contributed by atoms with Crippen molar-refractivity contribution in [2.45, 2.75) is 6.54 Å². The van der Waals surface area contributed by atoms with Crippen molar-refractivity contribution in [1.29, 1.82) is 0 Å². The molecule has 6 nitrogen and oxygen atoms in total. The molecule has 0 spiro atoms. The Labute approximate surface area is 124 Å². The van der Waals surface area contributed by atoms with Crippen LogP contribution in [0, 0.1) is 0 Å². The summed E-state index contributed by atoms with van der Waals surface area (Å²) >= 11 is 0. The molecule has 1 aliphatic rings. The van der Waals surface area contributed by atoms with Gasteiger partial charge in [-0.15, -0.1) is 12.4 Å². The van der Waals surface area contributed by atoms with Crippen molar-refractivity contribution in [3.8, 4) is 0 Å². The summed E-state index contributed by atoms with van der Waals surface area (Å²) in [5, 5.41) is 7.95. The number of nitrogens with zero attached hydrogens (tertiary/aromatic N) is 1. The lowest BCUT2D eigenvalue weighted by atomic mass is 10.1. The number of para-hydroxylation sites is 1. The van der Waals surface area contributed by atoms with Gasteiger partial charge in [0.15, 0.2) is 0 Å². The van der Waals surface area contributed by atoms with Crippen LogP contribution in [0.2, 0.25) is 0 Å². The number of urea groups is 1. The number of hydrogen-bond acceptors (Lipinski definition) is 4. The van der Waals surface area contributed by atoms with Crippen molar-refractivity contribution in [2.24, 2.45) is 0 Å². The second-order valence-corrected chi connectivity index (χ2v) is 4.35. The predicted octanol–water partition coefficient (Wildman–Crippen LogP) is 0.474. The fourth-order valence-electron chi connectivity index (χ4n) is 2.09. The maximum absolute atomic E-state index is 11.8. The van der Waals surface area contributed by atoms with E-state index in [2.05, 4.69) is 16.0 Å². The van der Waals surface area contributed by atoms with E-state index in [0.717, 1.165) is 30.9 Å². The smallest absolute Gasteiger partial charge is 0.321 e. The minimum Gasteiger partial charge on any atom is -0.361 e.